The van der Waals surface area contributed by atoms with E-state index < -0.39 is 0 Å². The van der Waals surface area contributed by atoms with E-state index in [1.54, 1.807) is 0 Å². The molecule has 0 atom stereocenters. The molecule has 8 heteroatoms. The van der Waals surface area contributed by atoms with Gasteiger partial charge in [0.2, 0.25) is 0 Å². The Balaban J connectivity index is 1.42. The molecule has 5 rings (SSSR count). The number of benzene rings is 3. The van der Waals surface area contributed by atoms with Gasteiger partial charge in [-0.1, -0.05) is 72.0 Å². The molecule has 7 nitrogen and oxygen atoms in total. The summed E-state index contributed by atoms with van der Waals surface area (Å²) in [5.74, 6) is -0.261. The zero-order chi connectivity index (χ0) is 26.5. The van der Waals surface area contributed by atoms with Crippen molar-refractivity contribution >= 4 is 34.0 Å². The Kier molecular flexibility index (Phi) is 7.81. The largest absolute Gasteiger partial charge is 0.349 e. The first-order chi connectivity index (χ1) is 18.5. The third-order valence-corrected chi connectivity index (χ3v) is 7.41. The summed E-state index contributed by atoms with van der Waals surface area (Å²) in [5.41, 5.74) is 11.7. The fraction of sp³-hybridized carbons (Fsp3) is 0.233. The van der Waals surface area contributed by atoms with E-state index in [1.165, 1.54) is 11.3 Å². The number of carbonyl (C=O) groups excluding carboxylic acids is 2. The molecule has 0 bridgehead atoms. The van der Waals surface area contributed by atoms with Crippen molar-refractivity contribution in [2.75, 3.05) is 11.9 Å². The number of rotatable bonds is 10. The highest BCUT2D eigenvalue weighted by Gasteiger charge is 2.24. The van der Waals surface area contributed by atoms with Crippen LogP contribution in [0.5, 0.6) is 0 Å². The summed E-state index contributed by atoms with van der Waals surface area (Å²) in [6, 6.07) is 23.7. The minimum absolute atomic E-state index is 0.0751. The van der Waals surface area contributed by atoms with Gasteiger partial charge in [0.15, 0.2) is 5.13 Å². The zero-order valence-corrected chi connectivity index (χ0v) is 22.1. The summed E-state index contributed by atoms with van der Waals surface area (Å²) >= 11 is 1.30. The van der Waals surface area contributed by atoms with E-state index in [-0.39, 0.29) is 17.9 Å². The zero-order valence-electron chi connectivity index (χ0n) is 21.3. The molecule has 4 aromatic rings. The van der Waals surface area contributed by atoms with E-state index in [0.717, 1.165) is 47.2 Å². The van der Waals surface area contributed by atoms with Gasteiger partial charge >= 0.3 is 0 Å². The van der Waals surface area contributed by atoms with Crippen LogP contribution in [0, 0.1) is 6.92 Å². The van der Waals surface area contributed by atoms with Crippen molar-refractivity contribution in [1.82, 2.24) is 15.6 Å². The van der Waals surface area contributed by atoms with Gasteiger partial charge in [-0.2, -0.15) is 0 Å². The molecule has 1 aromatic heterocycles. The van der Waals surface area contributed by atoms with E-state index in [0.29, 0.717) is 34.4 Å². The van der Waals surface area contributed by atoms with Crippen LogP contribution in [0.2, 0.25) is 0 Å². The van der Waals surface area contributed by atoms with Crippen LogP contribution in [0.25, 0.3) is 11.3 Å². The number of thiazole rings is 1. The van der Waals surface area contributed by atoms with Gasteiger partial charge in [-0.25, -0.2) is 4.98 Å². The van der Waals surface area contributed by atoms with E-state index in [4.69, 9.17) is 10.7 Å². The highest BCUT2D eigenvalue weighted by atomic mass is 32.1. The molecule has 0 aliphatic heterocycles. The van der Waals surface area contributed by atoms with E-state index >= 15 is 0 Å². The number of nitrogens with two attached hydrogens (primary N) is 1. The smallest absolute Gasteiger partial charge is 0.264 e. The van der Waals surface area contributed by atoms with E-state index in [9.17, 15) is 9.59 Å². The SMILES string of the molecule is Cc1ccc(C(=O)NC2CC2)cc1Nc1nc(-c2ccc(CCN)cc2)c(C(=O)NCc2ccccc2)s1. The van der Waals surface area contributed by atoms with Crippen molar-refractivity contribution in [3.8, 4) is 11.3 Å². The van der Waals surface area contributed by atoms with Crippen LogP contribution < -0.4 is 21.7 Å². The standard InChI is InChI=1S/C30H31N5O2S/c1-19-7-10-23(28(36)33-24-13-14-24)17-25(19)34-30-35-26(22-11-8-20(9-12-22)15-16-31)27(38-30)29(37)32-18-21-5-3-2-4-6-21/h2-12,17,24H,13-16,18,31H2,1H3,(H,32,37)(H,33,36)(H,34,35). The molecule has 3 aromatic carbocycles. The summed E-state index contributed by atoms with van der Waals surface area (Å²) in [6.45, 7) is 2.98. The van der Waals surface area contributed by atoms with Gasteiger partial charge in [0.25, 0.3) is 11.8 Å². The second kappa shape index (κ2) is 11.6. The summed E-state index contributed by atoms with van der Waals surface area (Å²) in [5, 5.41) is 10.00. The van der Waals surface area contributed by atoms with Gasteiger partial charge in [-0.05, 0) is 61.6 Å². The van der Waals surface area contributed by atoms with Gasteiger partial charge in [0.05, 0.1) is 5.69 Å². The van der Waals surface area contributed by atoms with Gasteiger partial charge in [0.1, 0.15) is 4.88 Å². The van der Waals surface area contributed by atoms with Gasteiger partial charge < -0.3 is 21.7 Å². The molecule has 0 radical (unpaired) electrons. The number of aromatic nitrogens is 1. The Morgan fingerprint density at radius 2 is 1.74 bits per heavy atom. The number of hydrogen-bond donors (Lipinski definition) is 4. The van der Waals surface area contributed by atoms with Crippen LogP contribution in [0.4, 0.5) is 10.8 Å². The van der Waals surface area contributed by atoms with E-state index in [1.807, 2.05) is 79.7 Å². The molecular formula is C30H31N5O2S. The number of hydrogen-bond acceptors (Lipinski definition) is 6. The van der Waals surface area contributed by atoms with Crippen LogP contribution in [0.15, 0.2) is 72.8 Å². The maximum Gasteiger partial charge on any atom is 0.264 e. The van der Waals surface area contributed by atoms with Crippen LogP contribution in [-0.4, -0.2) is 29.4 Å². The lowest BCUT2D eigenvalue weighted by Gasteiger charge is -2.10. The van der Waals surface area contributed by atoms with Crippen molar-refractivity contribution < 1.29 is 9.59 Å². The van der Waals surface area contributed by atoms with Crippen LogP contribution in [0.3, 0.4) is 0 Å². The Morgan fingerprint density at radius 3 is 2.45 bits per heavy atom. The minimum Gasteiger partial charge on any atom is -0.349 e. The first-order valence-corrected chi connectivity index (χ1v) is 13.6. The first kappa shape index (κ1) is 25.6. The molecule has 194 valence electrons. The lowest BCUT2D eigenvalue weighted by molar-refractivity contribution is 0.0944. The highest BCUT2D eigenvalue weighted by Crippen LogP contribution is 2.34. The molecule has 0 saturated heterocycles. The number of carbonyl (C=O) groups is 2. The summed E-state index contributed by atoms with van der Waals surface area (Å²) in [7, 11) is 0. The monoisotopic (exact) mass is 525 g/mol. The minimum atomic E-state index is -0.185. The fourth-order valence-corrected chi connectivity index (χ4v) is 5.00. The van der Waals surface area contributed by atoms with Crippen LogP contribution in [-0.2, 0) is 13.0 Å². The van der Waals surface area contributed by atoms with Gasteiger partial charge in [-0.15, -0.1) is 0 Å². The second-order valence-electron chi connectivity index (χ2n) is 9.50. The maximum absolute atomic E-state index is 13.3. The molecule has 0 unspecified atom stereocenters. The third kappa shape index (κ3) is 6.27. The Morgan fingerprint density at radius 1 is 0.974 bits per heavy atom. The van der Waals surface area contributed by atoms with E-state index in [2.05, 4.69) is 16.0 Å². The van der Waals surface area contributed by atoms with Crippen LogP contribution >= 0.6 is 11.3 Å². The normalized spacial score (nSPS) is 12.7. The third-order valence-electron chi connectivity index (χ3n) is 6.44. The Hall–Kier alpha value is -4.01. The Labute approximate surface area is 226 Å². The van der Waals surface area contributed by atoms with Gasteiger partial charge in [-0.3, -0.25) is 9.59 Å². The number of aryl methyl sites for hydroxylation is 1. The molecule has 1 fully saturated rings. The molecule has 2 amide bonds. The molecule has 1 saturated carbocycles. The topological polar surface area (TPSA) is 109 Å². The number of nitrogens with one attached hydrogen (secondary N) is 3. The molecule has 1 aliphatic carbocycles. The molecule has 0 spiro atoms. The average molecular weight is 526 g/mol. The quantitative estimate of drug-likeness (QED) is 0.228. The molecule has 1 heterocycles. The van der Waals surface area contributed by atoms with Crippen molar-refractivity contribution in [3.05, 3.63) is 99.9 Å². The highest BCUT2D eigenvalue weighted by molar-refractivity contribution is 7.18. The van der Waals surface area contributed by atoms with Crippen molar-refractivity contribution in [2.24, 2.45) is 5.73 Å². The molecule has 5 N–H and O–H groups in total. The molecule has 38 heavy (non-hydrogen) atoms. The lowest BCUT2D eigenvalue weighted by atomic mass is 10.1. The molecule has 1 aliphatic rings. The number of anilines is 2. The first-order valence-electron chi connectivity index (χ1n) is 12.8. The average Bonchev–Trinajstić information content (AvgIpc) is 3.65. The predicted octanol–water partition coefficient (Wildman–Crippen LogP) is 5.19. The lowest BCUT2D eigenvalue weighted by Crippen LogP contribution is -2.25. The summed E-state index contributed by atoms with van der Waals surface area (Å²) in [6.07, 6.45) is 2.86. The number of amides is 2. The predicted molar refractivity (Wildman–Crippen MR) is 153 cm³/mol. The second-order valence-corrected chi connectivity index (χ2v) is 10.5. The summed E-state index contributed by atoms with van der Waals surface area (Å²) < 4.78 is 0. The number of nitrogens with zero attached hydrogens (tertiary/aromatic N) is 1. The maximum atomic E-state index is 13.3. The van der Waals surface area contributed by atoms with Crippen molar-refractivity contribution in [1.29, 1.82) is 0 Å². The van der Waals surface area contributed by atoms with Gasteiger partial charge in [0, 0.05) is 29.4 Å². The summed E-state index contributed by atoms with van der Waals surface area (Å²) in [4.78, 5) is 31.3. The van der Waals surface area contributed by atoms with Crippen molar-refractivity contribution in [3.63, 3.8) is 0 Å². The molecular weight excluding hydrogens is 494 g/mol. The van der Waals surface area contributed by atoms with Crippen molar-refractivity contribution in [2.45, 2.75) is 38.8 Å². The Bertz CT molecular complexity index is 1430. The van der Waals surface area contributed by atoms with Crippen LogP contribution in [0.1, 0.15) is 49.6 Å². The fourth-order valence-electron chi connectivity index (χ4n) is 4.09.